The molecule has 0 bridgehead atoms. The molecule has 1 amide bonds. The maximum absolute atomic E-state index is 13.6. The molecule has 1 saturated heterocycles. The van der Waals surface area contributed by atoms with Gasteiger partial charge in [-0.25, -0.2) is 4.39 Å². The van der Waals surface area contributed by atoms with Crippen LogP contribution in [0.25, 0.3) is 5.69 Å². The first kappa shape index (κ1) is 19.8. The molecule has 0 unspecified atom stereocenters. The average Bonchev–Trinajstić information content (AvgIpc) is 3.47. The molecule has 0 spiro atoms. The van der Waals surface area contributed by atoms with Crippen molar-refractivity contribution in [3.63, 3.8) is 0 Å². The first-order chi connectivity index (χ1) is 15.2. The van der Waals surface area contributed by atoms with Crippen LogP contribution in [0.5, 0.6) is 11.5 Å². The monoisotopic (exact) mass is 441 g/mol. The highest BCUT2D eigenvalue weighted by molar-refractivity contribution is 7.99. The number of ether oxygens (including phenoxy) is 2. The summed E-state index contributed by atoms with van der Waals surface area (Å²) in [5, 5.41) is 12.0. The number of fused-ring (bicyclic) bond motifs is 1. The maximum Gasteiger partial charge on any atom is 0.233 e. The zero-order chi connectivity index (χ0) is 21.2. The van der Waals surface area contributed by atoms with Crippen molar-refractivity contribution in [1.29, 1.82) is 0 Å². The van der Waals surface area contributed by atoms with E-state index in [-0.39, 0.29) is 23.5 Å². The van der Waals surface area contributed by atoms with Crippen LogP contribution in [-0.2, 0) is 4.79 Å². The number of tetrazole rings is 1. The lowest BCUT2D eigenvalue weighted by Crippen LogP contribution is -2.32. The second kappa shape index (κ2) is 8.54. The van der Waals surface area contributed by atoms with E-state index in [9.17, 15) is 9.18 Å². The van der Waals surface area contributed by atoms with E-state index < -0.39 is 0 Å². The van der Waals surface area contributed by atoms with Crippen molar-refractivity contribution < 1.29 is 18.7 Å². The third kappa shape index (κ3) is 4.07. The molecular formula is C21H20FN5O3S. The molecule has 31 heavy (non-hydrogen) atoms. The van der Waals surface area contributed by atoms with Crippen LogP contribution in [0, 0.1) is 5.82 Å². The van der Waals surface area contributed by atoms with Crippen LogP contribution in [0.15, 0.2) is 47.6 Å². The Kier molecular flexibility index (Phi) is 5.46. The van der Waals surface area contributed by atoms with E-state index in [2.05, 4.69) is 15.5 Å². The van der Waals surface area contributed by atoms with Crippen molar-refractivity contribution in [3.8, 4) is 17.2 Å². The van der Waals surface area contributed by atoms with Gasteiger partial charge in [0.2, 0.25) is 11.1 Å². The van der Waals surface area contributed by atoms with Gasteiger partial charge in [0, 0.05) is 6.54 Å². The van der Waals surface area contributed by atoms with Crippen LogP contribution >= 0.6 is 11.8 Å². The summed E-state index contributed by atoms with van der Waals surface area (Å²) in [4.78, 5) is 14.9. The minimum Gasteiger partial charge on any atom is -0.486 e. The number of carbonyl (C=O) groups is 1. The quantitative estimate of drug-likeness (QED) is 0.563. The summed E-state index contributed by atoms with van der Waals surface area (Å²) in [6, 6.07) is 11.9. The molecule has 2 aliphatic rings. The zero-order valence-electron chi connectivity index (χ0n) is 16.6. The SMILES string of the molecule is O=C(CSc1nnnn1-c1cccc(F)c1)N1CCC[C@H]1c1ccc2c(c1)OCCO2. The van der Waals surface area contributed by atoms with Gasteiger partial charge < -0.3 is 14.4 Å². The highest BCUT2D eigenvalue weighted by atomic mass is 32.2. The Labute approximate surface area is 182 Å². The van der Waals surface area contributed by atoms with Gasteiger partial charge in [-0.2, -0.15) is 4.68 Å². The van der Waals surface area contributed by atoms with Gasteiger partial charge in [0.1, 0.15) is 19.0 Å². The number of hydrogen-bond donors (Lipinski definition) is 0. The second-order valence-corrected chi connectivity index (χ2v) is 8.23. The third-order valence-electron chi connectivity index (χ3n) is 5.34. The molecule has 1 atom stereocenters. The molecule has 1 fully saturated rings. The molecule has 0 radical (unpaired) electrons. The van der Waals surface area contributed by atoms with Crippen molar-refractivity contribution in [2.24, 2.45) is 0 Å². The predicted octanol–water partition coefficient (Wildman–Crippen LogP) is 3.03. The summed E-state index contributed by atoms with van der Waals surface area (Å²) in [7, 11) is 0. The number of hydrogen-bond acceptors (Lipinski definition) is 7. The summed E-state index contributed by atoms with van der Waals surface area (Å²) in [5.74, 6) is 1.30. The molecule has 1 aromatic heterocycles. The molecule has 0 saturated carbocycles. The molecule has 0 N–H and O–H groups in total. The minimum absolute atomic E-state index is 0.00291. The molecule has 0 aliphatic carbocycles. The Balaban J connectivity index is 1.28. The highest BCUT2D eigenvalue weighted by Gasteiger charge is 2.31. The van der Waals surface area contributed by atoms with Gasteiger partial charge in [-0.3, -0.25) is 4.79 Å². The van der Waals surface area contributed by atoms with Gasteiger partial charge in [-0.05, 0) is 59.2 Å². The normalized spacial score (nSPS) is 17.7. The number of amides is 1. The molecular weight excluding hydrogens is 421 g/mol. The van der Waals surface area contributed by atoms with Crippen LogP contribution < -0.4 is 9.47 Å². The Morgan fingerprint density at radius 3 is 2.90 bits per heavy atom. The number of rotatable bonds is 5. The third-order valence-corrected chi connectivity index (χ3v) is 6.25. The largest absolute Gasteiger partial charge is 0.486 e. The van der Waals surface area contributed by atoms with Crippen molar-refractivity contribution in [1.82, 2.24) is 25.1 Å². The highest BCUT2D eigenvalue weighted by Crippen LogP contribution is 2.38. The Bertz CT molecular complexity index is 1110. The maximum atomic E-state index is 13.6. The van der Waals surface area contributed by atoms with E-state index in [1.165, 1.54) is 28.6 Å². The summed E-state index contributed by atoms with van der Waals surface area (Å²) >= 11 is 1.24. The zero-order valence-corrected chi connectivity index (χ0v) is 17.4. The van der Waals surface area contributed by atoms with Crippen molar-refractivity contribution in [2.75, 3.05) is 25.5 Å². The van der Waals surface area contributed by atoms with Crippen molar-refractivity contribution in [2.45, 2.75) is 24.0 Å². The van der Waals surface area contributed by atoms with Gasteiger partial charge in [0.25, 0.3) is 0 Å². The van der Waals surface area contributed by atoms with Gasteiger partial charge >= 0.3 is 0 Å². The van der Waals surface area contributed by atoms with Gasteiger partial charge in [0.15, 0.2) is 11.5 Å². The van der Waals surface area contributed by atoms with E-state index in [0.29, 0.717) is 30.6 Å². The van der Waals surface area contributed by atoms with Gasteiger partial charge in [-0.1, -0.05) is 23.9 Å². The standard InChI is InChI=1S/C21H20FN5O3S/c22-15-3-1-4-16(12-15)27-21(23-24-25-27)31-13-20(28)26-8-2-5-17(26)14-6-7-18-19(11-14)30-10-9-29-18/h1,3-4,6-7,11-12,17H,2,5,8-10,13H2/t17-/m0/s1. The van der Waals surface area contributed by atoms with E-state index >= 15 is 0 Å². The number of likely N-dealkylation sites (tertiary alicyclic amines) is 1. The predicted molar refractivity (Wildman–Crippen MR) is 111 cm³/mol. The van der Waals surface area contributed by atoms with Crippen LogP contribution in [-0.4, -0.2) is 56.5 Å². The van der Waals surface area contributed by atoms with Gasteiger partial charge in [-0.15, -0.1) is 5.10 Å². The Morgan fingerprint density at radius 1 is 1.16 bits per heavy atom. The number of nitrogens with zero attached hydrogens (tertiary/aromatic N) is 5. The summed E-state index contributed by atoms with van der Waals surface area (Å²) in [6.45, 7) is 1.78. The molecule has 2 aliphatic heterocycles. The fraction of sp³-hybridized carbons (Fsp3) is 0.333. The minimum atomic E-state index is -0.376. The van der Waals surface area contributed by atoms with Crippen LogP contribution in [0.2, 0.25) is 0 Å². The molecule has 8 nitrogen and oxygen atoms in total. The first-order valence-corrected chi connectivity index (χ1v) is 11.0. The molecule has 3 heterocycles. The topological polar surface area (TPSA) is 82.4 Å². The van der Waals surface area contributed by atoms with Crippen molar-refractivity contribution in [3.05, 3.63) is 53.8 Å². The summed E-state index contributed by atoms with van der Waals surface area (Å²) in [6.07, 6.45) is 1.84. The van der Waals surface area contributed by atoms with Gasteiger partial charge in [0.05, 0.1) is 17.5 Å². The lowest BCUT2D eigenvalue weighted by atomic mass is 10.0. The molecule has 160 valence electrons. The van der Waals surface area contributed by atoms with Crippen LogP contribution in [0.4, 0.5) is 4.39 Å². The van der Waals surface area contributed by atoms with E-state index in [1.54, 1.807) is 12.1 Å². The number of thioether (sulfide) groups is 1. The summed E-state index contributed by atoms with van der Waals surface area (Å²) in [5.41, 5.74) is 1.56. The lowest BCUT2D eigenvalue weighted by Gasteiger charge is -2.26. The molecule has 2 aromatic carbocycles. The fourth-order valence-electron chi connectivity index (χ4n) is 3.93. The van der Waals surface area contributed by atoms with Crippen LogP contribution in [0.1, 0.15) is 24.4 Å². The number of benzene rings is 2. The Morgan fingerprint density at radius 2 is 2.03 bits per heavy atom. The van der Waals surface area contributed by atoms with Crippen LogP contribution in [0.3, 0.4) is 0 Å². The van der Waals surface area contributed by atoms with E-state index in [1.807, 2.05) is 23.1 Å². The van der Waals surface area contributed by atoms with Crippen molar-refractivity contribution >= 4 is 17.7 Å². The van der Waals surface area contributed by atoms with E-state index in [4.69, 9.17) is 9.47 Å². The fourth-order valence-corrected chi connectivity index (χ4v) is 4.70. The number of halogens is 1. The van der Waals surface area contributed by atoms with E-state index in [0.717, 1.165) is 29.9 Å². The first-order valence-electron chi connectivity index (χ1n) is 10.1. The number of carbonyl (C=O) groups excluding carboxylic acids is 1. The lowest BCUT2D eigenvalue weighted by molar-refractivity contribution is -0.129. The summed E-state index contributed by atoms with van der Waals surface area (Å²) < 4.78 is 26.3. The number of aromatic nitrogens is 4. The molecule has 3 aromatic rings. The smallest absolute Gasteiger partial charge is 0.233 e. The second-order valence-electron chi connectivity index (χ2n) is 7.29. The molecule has 5 rings (SSSR count). The molecule has 10 heteroatoms. The Hall–Kier alpha value is -3.14. The average molecular weight is 441 g/mol.